The predicted molar refractivity (Wildman–Crippen MR) is 82.6 cm³/mol. The Labute approximate surface area is 138 Å². The van der Waals surface area contributed by atoms with Crippen molar-refractivity contribution in [3.8, 4) is 11.5 Å². The van der Waals surface area contributed by atoms with Gasteiger partial charge in [0.1, 0.15) is 11.5 Å². The van der Waals surface area contributed by atoms with Crippen LogP contribution in [0.2, 0.25) is 0 Å². The fourth-order valence-electron chi connectivity index (χ4n) is 1.70. The molecule has 2 aromatic rings. The number of ether oxygens (including phenoxy) is 2. The van der Waals surface area contributed by atoms with Gasteiger partial charge >= 0.3 is 12.2 Å². The summed E-state index contributed by atoms with van der Waals surface area (Å²) in [5.74, 6) is 0.550. The maximum absolute atomic E-state index is 12.2. The zero-order valence-corrected chi connectivity index (χ0v) is 13.1. The van der Waals surface area contributed by atoms with Crippen molar-refractivity contribution in [3.63, 3.8) is 0 Å². The lowest BCUT2D eigenvalue weighted by Crippen LogP contribution is -2.50. The number of nitrogens with zero attached hydrogens (tertiary/aromatic N) is 2. The van der Waals surface area contributed by atoms with Crippen LogP contribution in [0.25, 0.3) is 0 Å². The molecule has 0 fully saturated rings. The van der Waals surface area contributed by atoms with Crippen LogP contribution in [0.15, 0.2) is 60.7 Å². The molecule has 8 nitrogen and oxygen atoms in total. The van der Waals surface area contributed by atoms with Crippen molar-refractivity contribution >= 4 is 12.2 Å². The summed E-state index contributed by atoms with van der Waals surface area (Å²) in [5, 5.41) is 0.969. The highest BCUT2D eigenvalue weighted by Gasteiger charge is 2.31. The van der Waals surface area contributed by atoms with Crippen LogP contribution >= 0.6 is 0 Å². The highest BCUT2D eigenvalue weighted by atomic mass is 16.9. The lowest BCUT2D eigenvalue weighted by Gasteiger charge is -2.27. The third-order valence-electron chi connectivity index (χ3n) is 2.72. The molecule has 0 bridgehead atoms. The second kappa shape index (κ2) is 8.51. The first-order chi connectivity index (χ1) is 11.7. The molecule has 2 amide bonds. The van der Waals surface area contributed by atoms with Gasteiger partial charge in [-0.1, -0.05) is 46.7 Å². The number of amides is 2. The largest absolute Gasteiger partial charge is 0.461 e. The van der Waals surface area contributed by atoms with Crippen LogP contribution in [-0.4, -0.2) is 36.8 Å². The molecule has 0 aliphatic rings. The van der Waals surface area contributed by atoms with Crippen LogP contribution in [0.1, 0.15) is 0 Å². The SMILES string of the molecule is CON(C(=O)Oc1ccccc1)N(OC)C(=O)Oc1ccccc1. The third kappa shape index (κ3) is 4.45. The van der Waals surface area contributed by atoms with Crippen LogP contribution in [0.5, 0.6) is 11.5 Å². The molecule has 0 unspecified atom stereocenters. The maximum Gasteiger partial charge on any atom is 0.461 e. The van der Waals surface area contributed by atoms with Crippen molar-refractivity contribution < 1.29 is 28.7 Å². The number of carbonyl (C=O) groups is 2. The molecule has 0 spiro atoms. The second-order valence-corrected chi connectivity index (χ2v) is 4.27. The summed E-state index contributed by atoms with van der Waals surface area (Å²) in [7, 11) is 2.35. The summed E-state index contributed by atoms with van der Waals surface area (Å²) < 4.78 is 10.2. The molecule has 24 heavy (non-hydrogen) atoms. The van der Waals surface area contributed by atoms with Gasteiger partial charge in [0.05, 0.1) is 14.2 Å². The lowest BCUT2D eigenvalue weighted by molar-refractivity contribution is -0.333. The summed E-state index contributed by atoms with van der Waals surface area (Å²) in [6.45, 7) is 0. The number of hydrogen-bond acceptors (Lipinski definition) is 6. The van der Waals surface area contributed by atoms with Crippen LogP contribution in [0, 0.1) is 0 Å². The zero-order valence-electron chi connectivity index (χ0n) is 13.1. The number of carbonyl (C=O) groups excluding carboxylic acids is 2. The number of rotatable bonds is 4. The lowest BCUT2D eigenvalue weighted by atomic mass is 10.3. The maximum atomic E-state index is 12.2. The van der Waals surface area contributed by atoms with E-state index in [4.69, 9.17) is 19.1 Å². The van der Waals surface area contributed by atoms with Crippen molar-refractivity contribution in [1.82, 2.24) is 10.3 Å². The summed E-state index contributed by atoms with van der Waals surface area (Å²) in [5.41, 5.74) is 0. The van der Waals surface area contributed by atoms with Gasteiger partial charge in [0, 0.05) is 0 Å². The smallest absolute Gasteiger partial charge is 0.407 e. The predicted octanol–water partition coefficient (Wildman–Crippen LogP) is 3.03. The van der Waals surface area contributed by atoms with Crippen molar-refractivity contribution in [2.75, 3.05) is 14.2 Å². The quantitative estimate of drug-likeness (QED) is 0.801. The Morgan fingerprint density at radius 1 is 0.667 bits per heavy atom. The Morgan fingerprint density at radius 3 is 1.29 bits per heavy atom. The van der Waals surface area contributed by atoms with Crippen LogP contribution < -0.4 is 9.47 Å². The van der Waals surface area contributed by atoms with E-state index in [1.165, 1.54) is 14.2 Å². The Morgan fingerprint density at radius 2 is 1.00 bits per heavy atom. The normalized spacial score (nSPS) is 9.92. The highest BCUT2D eigenvalue weighted by Crippen LogP contribution is 2.14. The third-order valence-corrected chi connectivity index (χ3v) is 2.72. The van der Waals surface area contributed by atoms with Crippen LogP contribution in [-0.2, 0) is 9.68 Å². The fraction of sp³-hybridized carbons (Fsp3) is 0.125. The molecule has 0 radical (unpaired) electrons. The minimum absolute atomic E-state index is 0.275. The molecule has 0 aromatic heterocycles. The molecule has 2 rings (SSSR count). The van der Waals surface area contributed by atoms with E-state index in [-0.39, 0.29) is 11.5 Å². The van der Waals surface area contributed by atoms with Gasteiger partial charge in [-0.15, -0.1) is 0 Å². The fourth-order valence-corrected chi connectivity index (χ4v) is 1.70. The first kappa shape index (κ1) is 17.3. The van der Waals surface area contributed by atoms with Crippen LogP contribution in [0.3, 0.4) is 0 Å². The number of para-hydroxylation sites is 2. The molecule has 0 saturated carbocycles. The Hall–Kier alpha value is -3.10. The topological polar surface area (TPSA) is 77.5 Å². The Kier molecular flexibility index (Phi) is 6.12. The number of benzene rings is 2. The average molecular weight is 332 g/mol. The average Bonchev–Trinajstić information content (AvgIpc) is 2.61. The van der Waals surface area contributed by atoms with Crippen molar-refractivity contribution in [2.45, 2.75) is 0 Å². The summed E-state index contributed by atoms with van der Waals surface area (Å²) in [4.78, 5) is 34.0. The highest BCUT2D eigenvalue weighted by molar-refractivity contribution is 5.75. The van der Waals surface area contributed by atoms with Gasteiger partial charge < -0.3 is 9.47 Å². The number of hydrazine groups is 1. The first-order valence-corrected chi connectivity index (χ1v) is 6.87. The molecule has 126 valence electrons. The summed E-state index contributed by atoms with van der Waals surface area (Å²) >= 11 is 0. The molecule has 0 aliphatic carbocycles. The van der Waals surface area contributed by atoms with Gasteiger partial charge in [-0.25, -0.2) is 19.3 Å². The standard InChI is InChI=1S/C16H16N2O6/c1-21-17(15(19)23-13-9-5-3-6-10-13)18(22-2)16(20)24-14-11-7-4-8-12-14/h3-12H,1-2H3. The van der Waals surface area contributed by atoms with E-state index in [0.29, 0.717) is 10.3 Å². The van der Waals surface area contributed by atoms with E-state index in [0.717, 1.165) is 0 Å². The zero-order chi connectivity index (χ0) is 17.4. The monoisotopic (exact) mass is 332 g/mol. The second-order valence-electron chi connectivity index (χ2n) is 4.27. The molecule has 0 atom stereocenters. The minimum atomic E-state index is -0.990. The van der Waals surface area contributed by atoms with E-state index in [1.54, 1.807) is 60.7 Å². The Balaban J connectivity index is 2.07. The molecule has 0 saturated heterocycles. The molecule has 0 heterocycles. The van der Waals surface area contributed by atoms with Crippen LogP contribution in [0.4, 0.5) is 9.59 Å². The molecule has 0 aliphatic heterocycles. The molecular formula is C16H16N2O6. The van der Waals surface area contributed by atoms with Gasteiger partial charge in [-0.2, -0.15) is 0 Å². The van der Waals surface area contributed by atoms with Gasteiger partial charge in [0.15, 0.2) is 0 Å². The van der Waals surface area contributed by atoms with E-state index in [2.05, 4.69) is 0 Å². The first-order valence-electron chi connectivity index (χ1n) is 6.87. The minimum Gasteiger partial charge on any atom is -0.407 e. The molecule has 8 heteroatoms. The Bertz CT molecular complexity index is 605. The molecule has 2 aromatic carbocycles. The van der Waals surface area contributed by atoms with Crippen molar-refractivity contribution in [1.29, 1.82) is 0 Å². The van der Waals surface area contributed by atoms with Gasteiger partial charge in [-0.3, -0.25) is 0 Å². The van der Waals surface area contributed by atoms with Gasteiger partial charge in [0.25, 0.3) is 0 Å². The number of hydroxylamine groups is 2. The molecular weight excluding hydrogens is 316 g/mol. The van der Waals surface area contributed by atoms with Gasteiger partial charge in [0.2, 0.25) is 0 Å². The summed E-state index contributed by atoms with van der Waals surface area (Å²) in [6.07, 6.45) is -1.98. The van der Waals surface area contributed by atoms with E-state index < -0.39 is 12.2 Å². The van der Waals surface area contributed by atoms with E-state index in [9.17, 15) is 9.59 Å². The summed E-state index contributed by atoms with van der Waals surface area (Å²) in [6, 6.07) is 16.6. The van der Waals surface area contributed by atoms with E-state index in [1.807, 2.05) is 0 Å². The number of hydrogen-bond donors (Lipinski definition) is 0. The van der Waals surface area contributed by atoms with Crippen molar-refractivity contribution in [2.24, 2.45) is 0 Å². The van der Waals surface area contributed by atoms with E-state index >= 15 is 0 Å². The molecule has 0 N–H and O–H groups in total. The van der Waals surface area contributed by atoms with Gasteiger partial charge in [-0.05, 0) is 24.3 Å². The van der Waals surface area contributed by atoms with Crippen molar-refractivity contribution in [3.05, 3.63) is 60.7 Å².